The van der Waals surface area contributed by atoms with Gasteiger partial charge in [0.2, 0.25) is 5.91 Å². The average Bonchev–Trinajstić information content (AvgIpc) is 3.05. The predicted octanol–water partition coefficient (Wildman–Crippen LogP) is 1.89. The van der Waals surface area contributed by atoms with Crippen molar-refractivity contribution in [2.75, 3.05) is 31.1 Å². The SMILES string of the molecule is N#Cc1ccc(N2CC3CCC(C2)N3CC2CCC3C(C2)NC(=O)C2CCCNC23)nc1. The van der Waals surface area contributed by atoms with E-state index in [4.69, 9.17) is 5.26 Å². The summed E-state index contributed by atoms with van der Waals surface area (Å²) < 4.78 is 0. The van der Waals surface area contributed by atoms with E-state index >= 15 is 0 Å². The lowest BCUT2D eigenvalue weighted by Gasteiger charge is -2.50. The molecule has 5 heterocycles. The van der Waals surface area contributed by atoms with Gasteiger partial charge in [-0.15, -0.1) is 0 Å². The molecule has 0 radical (unpaired) electrons. The van der Waals surface area contributed by atoms with Crippen molar-refractivity contribution in [2.45, 2.75) is 69.1 Å². The van der Waals surface area contributed by atoms with Crippen molar-refractivity contribution in [3.05, 3.63) is 23.9 Å². The largest absolute Gasteiger partial charge is 0.353 e. The van der Waals surface area contributed by atoms with E-state index in [1.807, 2.05) is 12.1 Å². The van der Waals surface area contributed by atoms with Crippen LogP contribution in [0, 0.1) is 29.1 Å². The van der Waals surface area contributed by atoms with E-state index in [0.717, 1.165) is 44.7 Å². The fourth-order valence-corrected chi connectivity index (χ4v) is 7.40. The number of hydrogen-bond donors (Lipinski definition) is 2. The summed E-state index contributed by atoms with van der Waals surface area (Å²) in [5.41, 5.74) is 0.621. The lowest BCUT2D eigenvalue weighted by atomic mass is 9.67. The molecular formula is C25H34N6O. The van der Waals surface area contributed by atoms with Gasteiger partial charge in [-0.05, 0) is 75.5 Å². The fourth-order valence-electron chi connectivity index (χ4n) is 7.40. The van der Waals surface area contributed by atoms with Gasteiger partial charge in [0.25, 0.3) is 0 Å². The van der Waals surface area contributed by atoms with Gasteiger partial charge in [-0.2, -0.15) is 5.26 Å². The van der Waals surface area contributed by atoms with E-state index in [-0.39, 0.29) is 5.92 Å². The van der Waals surface area contributed by atoms with Crippen LogP contribution in [0.3, 0.4) is 0 Å². The molecule has 1 aromatic heterocycles. The van der Waals surface area contributed by atoms with Gasteiger partial charge in [0.15, 0.2) is 0 Å². The summed E-state index contributed by atoms with van der Waals surface area (Å²) in [6.07, 6.45) is 10.1. The van der Waals surface area contributed by atoms with Crippen molar-refractivity contribution >= 4 is 11.7 Å². The topological polar surface area (TPSA) is 84.3 Å². The van der Waals surface area contributed by atoms with Crippen LogP contribution in [0.15, 0.2) is 18.3 Å². The molecule has 1 aliphatic carbocycles. The third-order valence-corrected chi connectivity index (χ3v) is 8.95. The predicted molar refractivity (Wildman–Crippen MR) is 122 cm³/mol. The molecule has 7 atom stereocenters. The molecule has 1 aromatic rings. The summed E-state index contributed by atoms with van der Waals surface area (Å²) in [7, 11) is 0. The van der Waals surface area contributed by atoms with E-state index in [1.165, 1.54) is 32.2 Å². The van der Waals surface area contributed by atoms with Crippen LogP contribution in [0.2, 0.25) is 0 Å². The third kappa shape index (κ3) is 3.58. The first-order chi connectivity index (χ1) is 15.7. The summed E-state index contributed by atoms with van der Waals surface area (Å²) in [5, 5.41) is 16.2. The van der Waals surface area contributed by atoms with Gasteiger partial charge in [-0.25, -0.2) is 4.98 Å². The van der Waals surface area contributed by atoms with Gasteiger partial charge in [-0.1, -0.05) is 0 Å². The number of aromatic nitrogens is 1. The number of carbonyl (C=O) groups is 1. The molecule has 7 heteroatoms. The second-order valence-corrected chi connectivity index (χ2v) is 10.7. The highest BCUT2D eigenvalue weighted by Gasteiger charge is 2.48. The molecular weight excluding hydrogens is 400 g/mol. The quantitative estimate of drug-likeness (QED) is 0.756. The van der Waals surface area contributed by atoms with E-state index in [0.29, 0.717) is 47.5 Å². The summed E-state index contributed by atoms with van der Waals surface area (Å²) in [6, 6.07) is 7.97. The van der Waals surface area contributed by atoms with Gasteiger partial charge in [-0.3, -0.25) is 9.69 Å². The number of hydrogen-bond acceptors (Lipinski definition) is 6. The van der Waals surface area contributed by atoms with E-state index in [1.54, 1.807) is 6.20 Å². The standard InChI is InChI=1S/C25H34N6O/c26-11-17-4-8-23(28-12-17)30-14-18-5-6-19(15-30)31(18)13-16-3-7-20-22(10-16)29-25(32)21-2-1-9-27-24(20)21/h4,8,12,16,18-22,24,27H,1-3,5-7,9-10,13-15H2,(H,29,32). The van der Waals surface area contributed by atoms with Crippen LogP contribution in [0.1, 0.15) is 50.5 Å². The summed E-state index contributed by atoms with van der Waals surface area (Å²) >= 11 is 0. The first kappa shape index (κ1) is 20.4. The number of nitrogens with zero attached hydrogens (tertiary/aromatic N) is 4. The number of amides is 1. The Labute approximate surface area is 190 Å². The van der Waals surface area contributed by atoms with Crippen LogP contribution in [0.5, 0.6) is 0 Å². The van der Waals surface area contributed by atoms with Crippen LogP contribution in [-0.2, 0) is 4.79 Å². The Morgan fingerprint density at radius 3 is 2.72 bits per heavy atom. The maximum atomic E-state index is 12.7. The zero-order valence-electron chi connectivity index (χ0n) is 18.7. The molecule has 5 fully saturated rings. The molecule has 0 aromatic carbocycles. The summed E-state index contributed by atoms with van der Waals surface area (Å²) in [5.74, 6) is 2.79. The minimum absolute atomic E-state index is 0.196. The first-order valence-electron chi connectivity index (χ1n) is 12.6. The first-order valence-corrected chi connectivity index (χ1v) is 12.6. The maximum Gasteiger partial charge on any atom is 0.224 e. The Morgan fingerprint density at radius 1 is 1.12 bits per heavy atom. The monoisotopic (exact) mass is 434 g/mol. The highest BCUT2D eigenvalue weighted by Crippen LogP contribution is 2.41. The van der Waals surface area contributed by atoms with Crippen molar-refractivity contribution < 1.29 is 4.79 Å². The molecule has 170 valence electrons. The Hall–Kier alpha value is -2.17. The van der Waals surface area contributed by atoms with Crippen LogP contribution in [-0.4, -0.2) is 66.1 Å². The van der Waals surface area contributed by atoms with Gasteiger partial charge in [0.05, 0.1) is 11.5 Å². The van der Waals surface area contributed by atoms with Crippen LogP contribution < -0.4 is 15.5 Å². The number of nitriles is 1. The van der Waals surface area contributed by atoms with Gasteiger partial charge < -0.3 is 15.5 Å². The minimum atomic E-state index is 0.196. The van der Waals surface area contributed by atoms with Gasteiger partial charge >= 0.3 is 0 Å². The second-order valence-electron chi connectivity index (χ2n) is 10.7. The van der Waals surface area contributed by atoms with Crippen LogP contribution in [0.25, 0.3) is 0 Å². The molecule has 32 heavy (non-hydrogen) atoms. The highest BCUT2D eigenvalue weighted by molar-refractivity contribution is 5.81. The molecule has 5 aliphatic rings. The zero-order valence-corrected chi connectivity index (χ0v) is 18.7. The lowest BCUT2D eigenvalue weighted by Crippen LogP contribution is -2.65. The Bertz CT molecular complexity index is 883. The second kappa shape index (κ2) is 8.31. The normalized spacial score (nSPS) is 39.0. The number of pyridine rings is 1. The van der Waals surface area contributed by atoms with Gasteiger partial charge in [0, 0.05) is 50.0 Å². The van der Waals surface area contributed by atoms with Crippen LogP contribution >= 0.6 is 0 Å². The molecule has 4 aliphatic heterocycles. The van der Waals surface area contributed by atoms with Crippen molar-refractivity contribution in [2.24, 2.45) is 17.8 Å². The molecule has 7 nitrogen and oxygen atoms in total. The average molecular weight is 435 g/mol. The number of rotatable bonds is 3. The highest BCUT2D eigenvalue weighted by atomic mass is 16.2. The number of piperidine rings is 2. The van der Waals surface area contributed by atoms with Crippen molar-refractivity contribution in [1.82, 2.24) is 20.5 Å². The Balaban J connectivity index is 1.09. The molecule has 4 saturated heterocycles. The van der Waals surface area contributed by atoms with Crippen molar-refractivity contribution in [1.29, 1.82) is 5.26 Å². The van der Waals surface area contributed by atoms with Crippen molar-refractivity contribution in [3.8, 4) is 6.07 Å². The molecule has 2 N–H and O–H groups in total. The smallest absolute Gasteiger partial charge is 0.224 e. The number of nitrogens with one attached hydrogen (secondary N) is 2. The molecule has 2 bridgehead atoms. The van der Waals surface area contributed by atoms with Gasteiger partial charge in [0.1, 0.15) is 11.9 Å². The summed E-state index contributed by atoms with van der Waals surface area (Å²) in [4.78, 5) is 22.4. The molecule has 1 amide bonds. The number of anilines is 1. The van der Waals surface area contributed by atoms with E-state index in [9.17, 15) is 4.79 Å². The minimum Gasteiger partial charge on any atom is -0.353 e. The zero-order chi connectivity index (χ0) is 21.7. The van der Waals surface area contributed by atoms with E-state index < -0.39 is 0 Å². The Kier molecular flexibility index (Phi) is 5.31. The number of piperazine rings is 1. The molecule has 6 rings (SSSR count). The van der Waals surface area contributed by atoms with E-state index in [2.05, 4.69) is 31.5 Å². The Morgan fingerprint density at radius 2 is 1.97 bits per heavy atom. The number of fused-ring (bicyclic) bond motifs is 5. The number of carbonyl (C=O) groups excluding carboxylic acids is 1. The maximum absolute atomic E-state index is 12.7. The third-order valence-electron chi connectivity index (χ3n) is 8.95. The van der Waals surface area contributed by atoms with Crippen molar-refractivity contribution in [3.63, 3.8) is 0 Å². The molecule has 7 unspecified atom stereocenters. The molecule has 0 spiro atoms. The van der Waals surface area contributed by atoms with Crippen LogP contribution in [0.4, 0.5) is 5.82 Å². The summed E-state index contributed by atoms with van der Waals surface area (Å²) in [6.45, 7) is 4.30. The lowest BCUT2D eigenvalue weighted by molar-refractivity contribution is -0.133. The fraction of sp³-hybridized carbons (Fsp3) is 0.720. The molecule has 1 saturated carbocycles.